The second-order valence-electron chi connectivity index (χ2n) is 2.84. The van der Waals surface area contributed by atoms with E-state index in [0.29, 0.717) is 0 Å². The van der Waals surface area contributed by atoms with Crippen molar-refractivity contribution in [1.29, 1.82) is 0 Å². The highest BCUT2D eigenvalue weighted by atomic mass is 19.4. The van der Waals surface area contributed by atoms with E-state index in [4.69, 9.17) is 5.73 Å². The number of primary amides is 1. The summed E-state index contributed by atoms with van der Waals surface area (Å²) < 4.78 is 37.1. The molecule has 0 saturated heterocycles. The van der Waals surface area contributed by atoms with Crippen molar-refractivity contribution in [3.8, 4) is 0 Å². The predicted molar refractivity (Wildman–Crippen MR) is 46.6 cm³/mol. The fourth-order valence-electron chi connectivity index (χ4n) is 1.02. The molecule has 7 heteroatoms. The van der Waals surface area contributed by atoms with Crippen LogP contribution in [-0.4, -0.2) is 16.1 Å². The minimum Gasteiger partial charge on any atom is -0.366 e. The molecule has 0 aliphatic carbocycles. The zero-order valence-corrected chi connectivity index (χ0v) is 7.72. The molecule has 0 aliphatic heterocycles. The van der Waals surface area contributed by atoms with E-state index < -0.39 is 17.8 Å². The Morgan fingerprint density at radius 3 is 2.60 bits per heavy atom. The van der Waals surface area contributed by atoms with Crippen molar-refractivity contribution in [2.75, 3.05) is 0 Å². The highest BCUT2D eigenvalue weighted by Crippen LogP contribution is 2.31. The molecule has 15 heavy (non-hydrogen) atoms. The van der Waals surface area contributed by atoms with Crippen LogP contribution >= 0.6 is 0 Å². The van der Waals surface area contributed by atoms with Gasteiger partial charge in [0.1, 0.15) is 0 Å². The molecule has 0 bridgehead atoms. The third kappa shape index (κ3) is 2.58. The summed E-state index contributed by atoms with van der Waals surface area (Å²) >= 11 is 0. The number of amides is 1. The summed E-state index contributed by atoms with van der Waals surface area (Å²) in [5, 5.41) is 5.31. The number of nitrogens with two attached hydrogens (primary N) is 1. The number of H-pyrrole nitrogens is 1. The van der Waals surface area contributed by atoms with Gasteiger partial charge in [0.25, 0.3) is 0 Å². The first-order chi connectivity index (χ1) is 6.82. The van der Waals surface area contributed by atoms with Gasteiger partial charge in [-0.2, -0.15) is 18.3 Å². The molecule has 1 aromatic rings. The second kappa shape index (κ2) is 3.76. The summed E-state index contributed by atoms with van der Waals surface area (Å²) in [7, 11) is 0. The van der Waals surface area contributed by atoms with Crippen molar-refractivity contribution in [1.82, 2.24) is 10.2 Å². The molecular formula is C8H8F3N3O. The Morgan fingerprint density at radius 1 is 1.53 bits per heavy atom. The number of aryl methyl sites for hydroxylation is 1. The summed E-state index contributed by atoms with van der Waals surface area (Å²) in [5.74, 6) is -0.816. The number of aromatic nitrogens is 2. The number of halogens is 3. The Labute approximate surface area is 83.0 Å². The fourth-order valence-corrected chi connectivity index (χ4v) is 1.02. The highest BCUT2D eigenvalue weighted by molar-refractivity contribution is 5.90. The van der Waals surface area contributed by atoms with Crippen LogP contribution in [0.5, 0.6) is 0 Å². The summed E-state index contributed by atoms with van der Waals surface area (Å²) in [6, 6.07) is 0. The van der Waals surface area contributed by atoms with Gasteiger partial charge in [0, 0.05) is 17.3 Å². The van der Waals surface area contributed by atoms with E-state index in [2.05, 4.69) is 10.2 Å². The lowest BCUT2D eigenvalue weighted by molar-refractivity contribution is -0.141. The Kier molecular flexibility index (Phi) is 2.83. The quantitative estimate of drug-likeness (QED) is 0.734. The molecule has 1 amide bonds. The zero-order chi connectivity index (χ0) is 11.6. The van der Waals surface area contributed by atoms with Gasteiger partial charge in [-0.3, -0.25) is 9.89 Å². The molecule has 0 atom stereocenters. The van der Waals surface area contributed by atoms with Gasteiger partial charge in [0.2, 0.25) is 5.91 Å². The minimum absolute atomic E-state index is 0.179. The minimum atomic E-state index is -4.55. The monoisotopic (exact) mass is 219 g/mol. The normalized spacial score (nSPS) is 12.3. The van der Waals surface area contributed by atoms with Crippen LogP contribution in [0.15, 0.2) is 6.08 Å². The Balaban J connectivity index is 3.16. The molecule has 1 aromatic heterocycles. The topological polar surface area (TPSA) is 71.8 Å². The molecule has 0 saturated carbocycles. The van der Waals surface area contributed by atoms with Gasteiger partial charge in [-0.1, -0.05) is 0 Å². The molecule has 0 aliphatic rings. The maximum absolute atomic E-state index is 12.4. The van der Waals surface area contributed by atoms with Gasteiger partial charge in [0.05, 0.1) is 0 Å². The smallest absolute Gasteiger partial charge is 0.366 e. The summed E-state index contributed by atoms with van der Waals surface area (Å²) in [5.41, 5.74) is 3.77. The fraction of sp³-hybridized carbons (Fsp3) is 0.250. The third-order valence-electron chi connectivity index (χ3n) is 1.68. The molecule has 1 heterocycles. The van der Waals surface area contributed by atoms with Crippen molar-refractivity contribution in [3.05, 3.63) is 23.0 Å². The standard InChI is InChI=1S/C8H8F3N3O/c1-4-5(2-3-6(12)15)7(14-13-4)8(9,10)11/h2-3H,1H3,(H2,12,15)(H,13,14). The molecule has 1 rings (SSSR count). The zero-order valence-electron chi connectivity index (χ0n) is 7.72. The van der Waals surface area contributed by atoms with Crippen molar-refractivity contribution in [2.45, 2.75) is 13.1 Å². The van der Waals surface area contributed by atoms with E-state index in [-0.39, 0.29) is 11.3 Å². The van der Waals surface area contributed by atoms with E-state index in [1.54, 1.807) is 0 Å². The van der Waals surface area contributed by atoms with E-state index in [0.717, 1.165) is 12.2 Å². The van der Waals surface area contributed by atoms with E-state index in [1.165, 1.54) is 6.92 Å². The first-order valence-corrected chi connectivity index (χ1v) is 3.92. The van der Waals surface area contributed by atoms with Crippen LogP contribution in [0.4, 0.5) is 13.2 Å². The van der Waals surface area contributed by atoms with Crippen LogP contribution < -0.4 is 5.73 Å². The number of rotatable bonds is 2. The number of alkyl halides is 3. The average Bonchev–Trinajstić information content (AvgIpc) is 2.42. The lowest BCUT2D eigenvalue weighted by Gasteiger charge is -2.03. The summed E-state index contributed by atoms with van der Waals surface area (Å²) in [6.45, 7) is 1.42. The average molecular weight is 219 g/mol. The van der Waals surface area contributed by atoms with Crippen LogP contribution in [0.2, 0.25) is 0 Å². The van der Waals surface area contributed by atoms with Gasteiger partial charge in [-0.25, -0.2) is 0 Å². The summed E-state index contributed by atoms with van der Waals surface area (Å²) in [4.78, 5) is 10.4. The van der Waals surface area contributed by atoms with Gasteiger partial charge in [-0.05, 0) is 13.0 Å². The third-order valence-corrected chi connectivity index (χ3v) is 1.68. The van der Waals surface area contributed by atoms with Crippen LogP contribution in [0.25, 0.3) is 6.08 Å². The van der Waals surface area contributed by atoms with Crippen LogP contribution in [-0.2, 0) is 11.0 Å². The lowest BCUT2D eigenvalue weighted by atomic mass is 10.1. The second-order valence-corrected chi connectivity index (χ2v) is 2.84. The molecule has 82 valence electrons. The number of hydrogen-bond donors (Lipinski definition) is 2. The number of nitrogens with one attached hydrogen (secondary N) is 1. The van der Waals surface area contributed by atoms with Crippen molar-refractivity contribution in [2.24, 2.45) is 5.73 Å². The number of carbonyl (C=O) groups excluding carboxylic acids is 1. The van der Waals surface area contributed by atoms with Crippen LogP contribution in [0.3, 0.4) is 0 Å². The van der Waals surface area contributed by atoms with Crippen molar-refractivity contribution >= 4 is 12.0 Å². The first kappa shape index (κ1) is 11.3. The maximum Gasteiger partial charge on any atom is 0.435 e. The Bertz CT molecular complexity index is 406. The van der Waals surface area contributed by atoms with Crippen molar-refractivity contribution < 1.29 is 18.0 Å². The van der Waals surface area contributed by atoms with Gasteiger partial charge in [-0.15, -0.1) is 0 Å². The first-order valence-electron chi connectivity index (χ1n) is 3.92. The largest absolute Gasteiger partial charge is 0.435 e. The number of aromatic amines is 1. The Morgan fingerprint density at radius 2 is 2.13 bits per heavy atom. The van der Waals surface area contributed by atoms with Gasteiger partial charge >= 0.3 is 6.18 Å². The van der Waals surface area contributed by atoms with Crippen molar-refractivity contribution in [3.63, 3.8) is 0 Å². The predicted octanol–water partition coefficient (Wildman–Crippen LogP) is 1.24. The van der Waals surface area contributed by atoms with Crippen LogP contribution in [0, 0.1) is 6.92 Å². The summed E-state index contributed by atoms with van der Waals surface area (Å²) in [6.07, 6.45) is -2.71. The highest BCUT2D eigenvalue weighted by Gasteiger charge is 2.36. The number of nitrogens with zero attached hydrogens (tertiary/aromatic N) is 1. The molecule has 0 fully saturated rings. The van der Waals surface area contributed by atoms with Gasteiger partial charge < -0.3 is 5.73 Å². The molecule has 0 spiro atoms. The van der Waals surface area contributed by atoms with E-state index in [1.807, 2.05) is 0 Å². The number of carbonyl (C=O) groups is 1. The SMILES string of the molecule is Cc1[nH]nc(C(F)(F)F)c1C=CC(N)=O. The van der Waals surface area contributed by atoms with E-state index >= 15 is 0 Å². The van der Waals surface area contributed by atoms with Crippen LogP contribution in [0.1, 0.15) is 17.0 Å². The number of hydrogen-bond acceptors (Lipinski definition) is 2. The molecule has 0 aromatic carbocycles. The lowest BCUT2D eigenvalue weighted by Crippen LogP contribution is -2.08. The molecule has 0 unspecified atom stereocenters. The molecule has 3 N–H and O–H groups in total. The molecule has 0 radical (unpaired) electrons. The maximum atomic E-state index is 12.4. The van der Waals surface area contributed by atoms with Gasteiger partial charge in [0.15, 0.2) is 5.69 Å². The molecular weight excluding hydrogens is 211 g/mol. The van der Waals surface area contributed by atoms with E-state index in [9.17, 15) is 18.0 Å². The molecule has 4 nitrogen and oxygen atoms in total. The Hall–Kier alpha value is -1.79.